The lowest BCUT2D eigenvalue weighted by Crippen LogP contribution is -2.49. The van der Waals surface area contributed by atoms with Gasteiger partial charge in [-0.3, -0.25) is 0 Å². The smallest absolute Gasteiger partial charge is 0.0940 e. The first-order chi connectivity index (χ1) is 6.74. The second-order valence-corrected chi connectivity index (χ2v) is 5.46. The molecule has 0 aromatic heterocycles. The molecule has 0 aliphatic carbocycles. The van der Waals surface area contributed by atoms with E-state index < -0.39 is 11.2 Å². The predicted octanol–water partition coefficient (Wildman–Crippen LogP) is 2.51. The number of hydrogen-bond donors (Lipinski definition) is 2. The lowest BCUT2D eigenvalue weighted by Gasteiger charge is -2.36. The number of aliphatic hydroxyl groups is 2. The second kappa shape index (κ2) is 4.24. The average molecular weight is 273 g/mol. The Kier molecular flexibility index (Phi) is 3.59. The molecule has 2 nitrogen and oxygen atoms in total. The van der Waals surface area contributed by atoms with Crippen molar-refractivity contribution in [2.45, 2.75) is 38.4 Å². The standard InChI is InChI=1S/C12H17BrO2/c1-11(2,14)12(3,15)8-9-6-4-5-7-10(9)13/h4-7,14-15H,8H2,1-3H3. The van der Waals surface area contributed by atoms with Gasteiger partial charge in [-0.2, -0.15) is 0 Å². The van der Waals surface area contributed by atoms with Gasteiger partial charge in [0, 0.05) is 10.9 Å². The molecule has 1 aromatic carbocycles. The Morgan fingerprint density at radius 1 is 1.13 bits per heavy atom. The molecule has 1 aromatic rings. The van der Waals surface area contributed by atoms with Gasteiger partial charge in [-0.1, -0.05) is 34.1 Å². The quantitative estimate of drug-likeness (QED) is 0.888. The van der Waals surface area contributed by atoms with E-state index in [2.05, 4.69) is 15.9 Å². The van der Waals surface area contributed by atoms with Gasteiger partial charge in [-0.05, 0) is 32.4 Å². The maximum absolute atomic E-state index is 10.2. The van der Waals surface area contributed by atoms with Crippen LogP contribution < -0.4 is 0 Å². The molecule has 2 N–H and O–H groups in total. The molecule has 0 radical (unpaired) electrons. The molecule has 3 heteroatoms. The van der Waals surface area contributed by atoms with Crippen molar-refractivity contribution in [2.75, 3.05) is 0 Å². The molecule has 0 aliphatic rings. The number of benzene rings is 1. The third-order valence-corrected chi connectivity index (χ3v) is 3.58. The van der Waals surface area contributed by atoms with Gasteiger partial charge < -0.3 is 10.2 Å². The van der Waals surface area contributed by atoms with Crippen LogP contribution >= 0.6 is 15.9 Å². The lowest BCUT2D eigenvalue weighted by atomic mass is 9.82. The van der Waals surface area contributed by atoms with E-state index in [0.717, 1.165) is 10.0 Å². The number of rotatable bonds is 3. The van der Waals surface area contributed by atoms with Gasteiger partial charge in [-0.15, -0.1) is 0 Å². The molecule has 0 bridgehead atoms. The predicted molar refractivity (Wildman–Crippen MR) is 64.8 cm³/mol. The van der Waals surface area contributed by atoms with Crippen LogP contribution in [0.2, 0.25) is 0 Å². The zero-order valence-corrected chi connectivity index (χ0v) is 10.9. The van der Waals surface area contributed by atoms with Gasteiger partial charge in [0.2, 0.25) is 0 Å². The molecule has 0 heterocycles. The summed E-state index contributed by atoms with van der Waals surface area (Å²) in [4.78, 5) is 0. The minimum atomic E-state index is -1.14. The Hall–Kier alpha value is -0.380. The van der Waals surface area contributed by atoms with Crippen LogP contribution in [-0.4, -0.2) is 21.4 Å². The molecule has 1 rings (SSSR count). The lowest BCUT2D eigenvalue weighted by molar-refractivity contribution is -0.118. The van der Waals surface area contributed by atoms with Crippen LogP contribution in [-0.2, 0) is 6.42 Å². The summed E-state index contributed by atoms with van der Waals surface area (Å²) in [6.07, 6.45) is 0.415. The van der Waals surface area contributed by atoms with E-state index in [9.17, 15) is 10.2 Å². The zero-order chi connectivity index (χ0) is 11.7. The molecule has 0 fully saturated rings. The first-order valence-corrected chi connectivity index (χ1v) is 5.71. The van der Waals surface area contributed by atoms with E-state index in [4.69, 9.17) is 0 Å². The summed E-state index contributed by atoms with van der Waals surface area (Å²) in [6.45, 7) is 4.88. The van der Waals surface area contributed by atoms with Gasteiger partial charge in [0.1, 0.15) is 0 Å². The van der Waals surface area contributed by atoms with Crippen molar-refractivity contribution in [1.29, 1.82) is 0 Å². The van der Waals surface area contributed by atoms with Crippen molar-refractivity contribution < 1.29 is 10.2 Å². The Bertz CT molecular complexity index is 340. The van der Waals surface area contributed by atoms with Gasteiger partial charge in [0.05, 0.1) is 11.2 Å². The summed E-state index contributed by atoms with van der Waals surface area (Å²) >= 11 is 3.42. The van der Waals surface area contributed by atoms with Crippen LogP contribution in [0.4, 0.5) is 0 Å². The molecule has 0 saturated carbocycles. The van der Waals surface area contributed by atoms with Crippen LogP contribution in [0.25, 0.3) is 0 Å². The molecule has 1 unspecified atom stereocenters. The summed E-state index contributed by atoms with van der Waals surface area (Å²) in [6, 6.07) is 7.70. The van der Waals surface area contributed by atoms with E-state index in [1.807, 2.05) is 24.3 Å². The molecule has 0 saturated heterocycles. The summed E-state index contributed by atoms with van der Waals surface area (Å²) < 4.78 is 0.953. The highest BCUT2D eigenvalue weighted by molar-refractivity contribution is 9.10. The maximum atomic E-state index is 10.2. The van der Waals surface area contributed by atoms with Crippen LogP contribution in [0.5, 0.6) is 0 Å². The molecule has 84 valence electrons. The molecular weight excluding hydrogens is 256 g/mol. The average Bonchev–Trinajstić information content (AvgIpc) is 2.06. The molecule has 1 atom stereocenters. The van der Waals surface area contributed by atoms with E-state index in [0.29, 0.717) is 6.42 Å². The Labute approximate surface area is 99.1 Å². The van der Waals surface area contributed by atoms with Crippen molar-refractivity contribution >= 4 is 15.9 Å². The minimum Gasteiger partial charge on any atom is -0.387 e. The van der Waals surface area contributed by atoms with Gasteiger partial charge >= 0.3 is 0 Å². The SMILES string of the molecule is CC(C)(O)C(C)(O)Cc1ccccc1Br. The Morgan fingerprint density at radius 2 is 1.67 bits per heavy atom. The minimum absolute atomic E-state index is 0.415. The highest BCUT2D eigenvalue weighted by Crippen LogP contribution is 2.28. The van der Waals surface area contributed by atoms with Crippen LogP contribution in [0, 0.1) is 0 Å². The highest BCUT2D eigenvalue weighted by atomic mass is 79.9. The number of hydrogen-bond acceptors (Lipinski definition) is 2. The molecule has 0 aliphatic heterocycles. The summed E-state index contributed by atoms with van der Waals surface area (Å²) in [5, 5.41) is 20.0. The first-order valence-electron chi connectivity index (χ1n) is 4.92. The van der Waals surface area contributed by atoms with Crippen LogP contribution in [0.3, 0.4) is 0 Å². The van der Waals surface area contributed by atoms with Crippen LogP contribution in [0.1, 0.15) is 26.3 Å². The largest absolute Gasteiger partial charge is 0.387 e. The van der Waals surface area contributed by atoms with Crippen LogP contribution in [0.15, 0.2) is 28.7 Å². The fourth-order valence-corrected chi connectivity index (χ4v) is 1.65. The third kappa shape index (κ3) is 3.03. The molecule has 0 spiro atoms. The zero-order valence-electron chi connectivity index (χ0n) is 9.29. The summed E-state index contributed by atoms with van der Waals surface area (Å²) in [5.74, 6) is 0. The van der Waals surface area contributed by atoms with E-state index >= 15 is 0 Å². The second-order valence-electron chi connectivity index (χ2n) is 4.60. The monoisotopic (exact) mass is 272 g/mol. The topological polar surface area (TPSA) is 40.5 Å². The molecule has 0 amide bonds. The van der Waals surface area contributed by atoms with Gasteiger partial charge in [0.15, 0.2) is 0 Å². The van der Waals surface area contributed by atoms with Gasteiger partial charge in [0.25, 0.3) is 0 Å². The van der Waals surface area contributed by atoms with E-state index in [1.54, 1.807) is 20.8 Å². The maximum Gasteiger partial charge on any atom is 0.0940 e. The normalized spacial score (nSPS) is 16.1. The van der Waals surface area contributed by atoms with Crippen molar-refractivity contribution in [2.24, 2.45) is 0 Å². The third-order valence-electron chi connectivity index (χ3n) is 2.81. The highest BCUT2D eigenvalue weighted by Gasteiger charge is 2.37. The number of halogens is 1. The fourth-order valence-electron chi connectivity index (χ4n) is 1.23. The van der Waals surface area contributed by atoms with E-state index in [-0.39, 0.29) is 0 Å². The molecule has 15 heavy (non-hydrogen) atoms. The van der Waals surface area contributed by atoms with Crippen molar-refractivity contribution in [3.8, 4) is 0 Å². The van der Waals surface area contributed by atoms with Crippen molar-refractivity contribution in [3.63, 3.8) is 0 Å². The Morgan fingerprint density at radius 3 is 2.13 bits per heavy atom. The van der Waals surface area contributed by atoms with Crippen molar-refractivity contribution in [1.82, 2.24) is 0 Å². The fraction of sp³-hybridized carbons (Fsp3) is 0.500. The van der Waals surface area contributed by atoms with Crippen molar-refractivity contribution in [3.05, 3.63) is 34.3 Å². The molecular formula is C12H17BrO2. The van der Waals surface area contributed by atoms with Gasteiger partial charge in [-0.25, -0.2) is 0 Å². The Balaban J connectivity index is 2.92. The summed E-state index contributed by atoms with van der Waals surface area (Å²) in [5.41, 5.74) is -1.27. The summed E-state index contributed by atoms with van der Waals surface area (Å²) in [7, 11) is 0. The first kappa shape index (κ1) is 12.7. The van der Waals surface area contributed by atoms with E-state index in [1.165, 1.54) is 0 Å².